The van der Waals surface area contributed by atoms with Crippen LogP contribution in [0, 0.1) is 5.82 Å². The Morgan fingerprint density at radius 2 is 1.92 bits per heavy atom. The monoisotopic (exact) mass is 338 g/mol. The second-order valence-electron chi connectivity index (χ2n) is 5.42. The summed E-state index contributed by atoms with van der Waals surface area (Å²) in [5.74, 6) is 0.0112. The van der Waals surface area contributed by atoms with E-state index in [-0.39, 0.29) is 23.7 Å². The second kappa shape index (κ2) is 5.82. The van der Waals surface area contributed by atoms with Gasteiger partial charge in [-0.3, -0.25) is 0 Å². The van der Waals surface area contributed by atoms with Gasteiger partial charge in [-0.05, 0) is 47.2 Å². The van der Waals surface area contributed by atoms with Gasteiger partial charge in [0.25, 0.3) is 0 Å². The van der Waals surface area contributed by atoms with E-state index in [4.69, 9.17) is 4.42 Å². The molecule has 4 aromatic rings. The molecular weight excluding hydrogens is 327 g/mol. The number of phenols is 1. The maximum Gasteiger partial charge on any atom is 0.336 e. The smallest absolute Gasteiger partial charge is 0.336 e. The summed E-state index contributed by atoms with van der Waals surface area (Å²) >= 11 is 0. The van der Waals surface area contributed by atoms with E-state index in [1.165, 1.54) is 35.1 Å². The van der Waals surface area contributed by atoms with E-state index in [0.29, 0.717) is 22.3 Å². The number of benzene rings is 2. The molecule has 0 amide bonds. The Morgan fingerprint density at radius 3 is 2.72 bits per heavy atom. The quantitative estimate of drug-likeness (QED) is 0.576. The summed E-state index contributed by atoms with van der Waals surface area (Å²) < 4.78 is 18.1. The molecule has 0 fully saturated rings. The number of aromatic nitrogens is 4. The van der Waals surface area contributed by atoms with Gasteiger partial charge < -0.3 is 9.52 Å². The maximum atomic E-state index is 13.0. The van der Waals surface area contributed by atoms with Crippen molar-refractivity contribution in [1.82, 2.24) is 20.2 Å². The molecule has 0 aliphatic carbocycles. The Balaban J connectivity index is 1.70. The van der Waals surface area contributed by atoms with Crippen LogP contribution in [-0.2, 0) is 6.54 Å². The fourth-order valence-electron chi connectivity index (χ4n) is 2.53. The molecule has 0 atom stereocenters. The average molecular weight is 338 g/mol. The summed E-state index contributed by atoms with van der Waals surface area (Å²) in [6.45, 7) is 0.196. The summed E-state index contributed by atoms with van der Waals surface area (Å²) in [5, 5.41) is 22.3. The van der Waals surface area contributed by atoms with Crippen molar-refractivity contribution in [2.75, 3.05) is 0 Å². The Morgan fingerprint density at radius 1 is 1.12 bits per heavy atom. The van der Waals surface area contributed by atoms with Gasteiger partial charge in [-0.25, -0.2) is 9.18 Å². The standard InChI is InChI=1S/C17H11FN4O3/c18-12-3-1-10(2-4-12)17-19-21-22(20-17)9-11-7-16(24)25-15-8-13(23)5-6-14(11)15/h1-8,23H,9H2. The molecule has 0 spiro atoms. The zero-order valence-electron chi connectivity index (χ0n) is 12.8. The SMILES string of the molecule is O=c1cc(Cn2nnc(-c3ccc(F)cc3)n2)c2ccc(O)cc2o1. The van der Waals surface area contributed by atoms with Crippen LogP contribution in [0.4, 0.5) is 4.39 Å². The molecule has 0 radical (unpaired) electrons. The number of halogens is 1. The zero-order valence-corrected chi connectivity index (χ0v) is 12.8. The number of hydrogen-bond acceptors (Lipinski definition) is 6. The first kappa shape index (κ1) is 15.0. The molecule has 0 saturated heterocycles. The lowest BCUT2D eigenvalue weighted by Crippen LogP contribution is -2.08. The molecule has 0 aliphatic heterocycles. The highest BCUT2D eigenvalue weighted by molar-refractivity contribution is 5.81. The van der Waals surface area contributed by atoms with E-state index in [2.05, 4.69) is 15.4 Å². The van der Waals surface area contributed by atoms with E-state index >= 15 is 0 Å². The Hall–Kier alpha value is -3.55. The van der Waals surface area contributed by atoms with Crippen molar-refractivity contribution in [3.63, 3.8) is 0 Å². The Bertz CT molecular complexity index is 1120. The van der Waals surface area contributed by atoms with Crippen LogP contribution in [0.25, 0.3) is 22.4 Å². The van der Waals surface area contributed by atoms with Crippen molar-refractivity contribution in [3.8, 4) is 17.1 Å². The Labute approximate surface area is 140 Å². The number of rotatable bonds is 3. The average Bonchev–Trinajstić information content (AvgIpc) is 3.03. The molecule has 124 valence electrons. The van der Waals surface area contributed by atoms with Crippen LogP contribution in [0.3, 0.4) is 0 Å². The van der Waals surface area contributed by atoms with Crippen molar-refractivity contribution < 1.29 is 13.9 Å². The van der Waals surface area contributed by atoms with E-state index in [1.807, 2.05) is 0 Å². The van der Waals surface area contributed by atoms with E-state index in [9.17, 15) is 14.3 Å². The lowest BCUT2D eigenvalue weighted by molar-refractivity contribution is 0.473. The van der Waals surface area contributed by atoms with Crippen LogP contribution in [0.15, 0.2) is 57.7 Å². The lowest BCUT2D eigenvalue weighted by Gasteiger charge is -2.04. The lowest BCUT2D eigenvalue weighted by atomic mass is 10.1. The molecule has 2 aromatic carbocycles. The molecule has 25 heavy (non-hydrogen) atoms. The van der Waals surface area contributed by atoms with Gasteiger partial charge in [0, 0.05) is 23.1 Å². The first-order valence-electron chi connectivity index (χ1n) is 7.38. The molecule has 0 saturated carbocycles. The van der Waals surface area contributed by atoms with Crippen molar-refractivity contribution >= 4 is 11.0 Å². The van der Waals surface area contributed by atoms with Crippen molar-refractivity contribution in [2.45, 2.75) is 6.54 Å². The molecule has 2 aromatic heterocycles. The summed E-state index contributed by atoms with van der Waals surface area (Å²) in [5.41, 5.74) is 1.01. The number of fused-ring (bicyclic) bond motifs is 1. The molecule has 0 bridgehead atoms. The van der Waals surface area contributed by atoms with Crippen LogP contribution in [0.2, 0.25) is 0 Å². The highest BCUT2D eigenvalue weighted by Gasteiger charge is 2.11. The summed E-state index contributed by atoms with van der Waals surface area (Å²) in [6, 6.07) is 11.6. The molecule has 4 rings (SSSR count). The fraction of sp³-hybridized carbons (Fsp3) is 0.0588. The van der Waals surface area contributed by atoms with Crippen LogP contribution in [-0.4, -0.2) is 25.3 Å². The molecule has 8 heteroatoms. The highest BCUT2D eigenvalue weighted by Crippen LogP contribution is 2.22. The third-order valence-corrected chi connectivity index (χ3v) is 3.68. The molecule has 1 N–H and O–H groups in total. The minimum Gasteiger partial charge on any atom is -0.508 e. The third-order valence-electron chi connectivity index (χ3n) is 3.68. The largest absolute Gasteiger partial charge is 0.508 e. The molecule has 7 nitrogen and oxygen atoms in total. The first-order chi connectivity index (χ1) is 12.1. The predicted molar refractivity (Wildman–Crippen MR) is 86.5 cm³/mol. The zero-order chi connectivity index (χ0) is 17.4. The van der Waals surface area contributed by atoms with Crippen LogP contribution >= 0.6 is 0 Å². The van der Waals surface area contributed by atoms with E-state index in [0.717, 1.165) is 0 Å². The van der Waals surface area contributed by atoms with Gasteiger partial charge in [-0.2, -0.15) is 4.80 Å². The first-order valence-corrected chi connectivity index (χ1v) is 7.38. The maximum absolute atomic E-state index is 13.0. The summed E-state index contributed by atoms with van der Waals surface area (Å²) in [7, 11) is 0. The van der Waals surface area contributed by atoms with Crippen LogP contribution < -0.4 is 5.63 Å². The topological polar surface area (TPSA) is 94.0 Å². The summed E-state index contributed by atoms with van der Waals surface area (Å²) in [4.78, 5) is 13.0. The van der Waals surface area contributed by atoms with Gasteiger partial charge in [0.15, 0.2) is 0 Å². The minimum atomic E-state index is -0.535. The number of hydrogen-bond donors (Lipinski definition) is 1. The van der Waals surface area contributed by atoms with Crippen LogP contribution in [0.1, 0.15) is 5.56 Å². The number of aromatic hydroxyl groups is 1. The molecule has 0 unspecified atom stereocenters. The highest BCUT2D eigenvalue weighted by atomic mass is 19.1. The molecular formula is C17H11FN4O3. The fourth-order valence-corrected chi connectivity index (χ4v) is 2.53. The van der Waals surface area contributed by atoms with Gasteiger partial charge in [-0.15, -0.1) is 10.2 Å². The van der Waals surface area contributed by atoms with Gasteiger partial charge >= 0.3 is 5.63 Å². The molecule has 2 heterocycles. The van der Waals surface area contributed by atoms with Gasteiger partial charge in [0.1, 0.15) is 17.1 Å². The second-order valence-corrected chi connectivity index (χ2v) is 5.42. The van der Waals surface area contributed by atoms with Gasteiger partial charge in [0.2, 0.25) is 5.82 Å². The minimum absolute atomic E-state index is 0.00489. The summed E-state index contributed by atoms with van der Waals surface area (Å²) in [6.07, 6.45) is 0. The van der Waals surface area contributed by atoms with Crippen molar-refractivity contribution in [3.05, 3.63) is 70.3 Å². The number of nitrogens with zero attached hydrogens (tertiary/aromatic N) is 4. The third kappa shape index (κ3) is 2.97. The predicted octanol–water partition coefficient (Wildman–Crippen LogP) is 2.34. The number of phenolic OH excluding ortho intramolecular Hbond substituents is 1. The van der Waals surface area contributed by atoms with E-state index in [1.54, 1.807) is 18.2 Å². The normalized spacial score (nSPS) is 11.1. The van der Waals surface area contributed by atoms with Crippen molar-refractivity contribution in [1.29, 1.82) is 0 Å². The molecule has 0 aliphatic rings. The Kier molecular flexibility index (Phi) is 3.50. The van der Waals surface area contributed by atoms with Gasteiger partial charge in [-0.1, -0.05) is 0 Å². The van der Waals surface area contributed by atoms with E-state index < -0.39 is 5.63 Å². The van der Waals surface area contributed by atoms with Crippen LogP contribution in [0.5, 0.6) is 5.75 Å². The van der Waals surface area contributed by atoms with Crippen molar-refractivity contribution in [2.24, 2.45) is 0 Å². The van der Waals surface area contributed by atoms with Gasteiger partial charge in [0.05, 0.1) is 6.54 Å². The number of tetrazole rings is 1.